The lowest BCUT2D eigenvalue weighted by molar-refractivity contribution is 0.0746. The van der Waals surface area contributed by atoms with Crippen LogP contribution in [0.15, 0.2) is 72.8 Å². The lowest BCUT2D eigenvalue weighted by atomic mass is 10.1. The molecule has 2 heterocycles. The summed E-state index contributed by atoms with van der Waals surface area (Å²) in [4.78, 5) is 31.6. The van der Waals surface area contributed by atoms with Gasteiger partial charge >= 0.3 is 6.03 Å². The molecule has 1 fully saturated rings. The zero-order chi connectivity index (χ0) is 23.5. The number of nitrogens with one attached hydrogen (secondary N) is 1. The number of hydrogen-bond acceptors (Lipinski definition) is 4. The van der Waals surface area contributed by atoms with E-state index in [2.05, 4.69) is 22.3 Å². The molecule has 1 N–H and O–H groups in total. The Kier molecular flexibility index (Phi) is 6.08. The Bertz CT molecular complexity index is 1160. The van der Waals surface area contributed by atoms with E-state index in [9.17, 15) is 9.59 Å². The fourth-order valence-corrected chi connectivity index (χ4v) is 4.60. The molecule has 0 bridgehead atoms. The number of benzene rings is 3. The van der Waals surface area contributed by atoms with Gasteiger partial charge in [0.1, 0.15) is 5.75 Å². The summed E-state index contributed by atoms with van der Waals surface area (Å²) in [6.07, 6.45) is 0. The topological polar surface area (TPSA) is 65.1 Å². The van der Waals surface area contributed by atoms with E-state index in [1.807, 2.05) is 41.3 Å². The number of ether oxygens (including phenoxy) is 1. The van der Waals surface area contributed by atoms with Crippen LogP contribution in [0.4, 0.5) is 16.2 Å². The Morgan fingerprint density at radius 1 is 0.765 bits per heavy atom. The first-order valence-electron chi connectivity index (χ1n) is 11.5. The van der Waals surface area contributed by atoms with Gasteiger partial charge in [0.15, 0.2) is 0 Å². The summed E-state index contributed by atoms with van der Waals surface area (Å²) in [5.41, 5.74) is 4.72. The standard InChI is InChI=1S/C27H28N4O3/c1-34-25-9-5-4-8-24(25)29-14-16-30(17-15-29)26(32)20-10-12-23(13-11-20)28-27(33)31-18-21-6-2-3-7-22(21)19-31/h2-13H,14-19H2,1H3,(H,28,33). The molecular formula is C27H28N4O3. The molecule has 0 aliphatic carbocycles. The number of anilines is 2. The third-order valence-electron chi connectivity index (χ3n) is 6.50. The quantitative estimate of drug-likeness (QED) is 0.639. The van der Waals surface area contributed by atoms with Gasteiger partial charge in [0.05, 0.1) is 12.8 Å². The van der Waals surface area contributed by atoms with Crippen molar-refractivity contribution in [3.05, 3.63) is 89.5 Å². The van der Waals surface area contributed by atoms with Crippen LogP contribution in [-0.4, -0.2) is 55.0 Å². The Morgan fingerprint density at radius 3 is 2.03 bits per heavy atom. The van der Waals surface area contributed by atoms with Gasteiger partial charge in [-0.2, -0.15) is 0 Å². The Morgan fingerprint density at radius 2 is 1.38 bits per heavy atom. The number of nitrogens with zero attached hydrogens (tertiary/aromatic N) is 3. The minimum absolute atomic E-state index is 0.00699. The van der Waals surface area contributed by atoms with Crippen LogP contribution >= 0.6 is 0 Å². The van der Waals surface area contributed by atoms with Crippen LogP contribution in [0, 0.1) is 0 Å². The van der Waals surface area contributed by atoms with Crippen molar-refractivity contribution in [3.8, 4) is 5.75 Å². The first kappa shape index (κ1) is 21.8. The SMILES string of the molecule is COc1ccccc1N1CCN(C(=O)c2ccc(NC(=O)N3Cc4ccccc4C3)cc2)CC1. The molecule has 0 atom stereocenters. The van der Waals surface area contributed by atoms with Crippen LogP contribution in [0.1, 0.15) is 21.5 Å². The highest BCUT2D eigenvalue weighted by Gasteiger charge is 2.25. The van der Waals surface area contributed by atoms with E-state index in [4.69, 9.17) is 4.74 Å². The molecule has 5 rings (SSSR count). The van der Waals surface area contributed by atoms with Crippen molar-refractivity contribution in [2.24, 2.45) is 0 Å². The van der Waals surface area contributed by atoms with E-state index in [1.165, 1.54) is 11.1 Å². The maximum Gasteiger partial charge on any atom is 0.322 e. The van der Waals surface area contributed by atoms with Crippen LogP contribution in [0.5, 0.6) is 5.75 Å². The van der Waals surface area contributed by atoms with Gasteiger partial charge < -0.3 is 24.8 Å². The van der Waals surface area contributed by atoms with E-state index in [-0.39, 0.29) is 11.9 Å². The predicted octanol–water partition coefficient (Wildman–Crippen LogP) is 4.21. The normalized spacial score (nSPS) is 15.1. The first-order chi connectivity index (χ1) is 16.6. The molecule has 7 heteroatoms. The van der Waals surface area contributed by atoms with Crippen molar-refractivity contribution < 1.29 is 14.3 Å². The lowest BCUT2D eigenvalue weighted by Gasteiger charge is -2.36. The van der Waals surface area contributed by atoms with E-state index in [1.54, 1.807) is 36.3 Å². The number of para-hydroxylation sites is 2. The summed E-state index contributed by atoms with van der Waals surface area (Å²) < 4.78 is 5.47. The molecule has 2 aliphatic rings. The largest absolute Gasteiger partial charge is 0.495 e. The minimum atomic E-state index is -0.136. The van der Waals surface area contributed by atoms with E-state index >= 15 is 0 Å². The van der Waals surface area contributed by atoms with Crippen LogP contribution in [0.25, 0.3) is 0 Å². The number of rotatable bonds is 4. The Labute approximate surface area is 199 Å². The highest BCUT2D eigenvalue weighted by atomic mass is 16.5. The molecule has 174 valence electrons. The number of fused-ring (bicyclic) bond motifs is 1. The number of carbonyl (C=O) groups is 2. The van der Waals surface area contributed by atoms with Gasteiger partial charge in [0.2, 0.25) is 0 Å². The number of piperazine rings is 1. The van der Waals surface area contributed by atoms with Gasteiger partial charge in [-0.05, 0) is 47.5 Å². The molecule has 1 saturated heterocycles. The second kappa shape index (κ2) is 9.47. The first-order valence-corrected chi connectivity index (χ1v) is 11.5. The van der Waals surface area contributed by atoms with Crippen molar-refractivity contribution >= 4 is 23.3 Å². The third kappa shape index (κ3) is 4.41. The molecule has 34 heavy (non-hydrogen) atoms. The summed E-state index contributed by atoms with van der Waals surface area (Å²) in [7, 11) is 1.68. The van der Waals surface area contributed by atoms with Crippen molar-refractivity contribution in [3.63, 3.8) is 0 Å². The summed E-state index contributed by atoms with van der Waals surface area (Å²) in [5, 5.41) is 2.94. The fraction of sp³-hybridized carbons (Fsp3) is 0.259. The lowest BCUT2D eigenvalue weighted by Crippen LogP contribution is -2.48. The molecule has 3 aromatic carbocycles. The number of hydrogen-bond donors (Lipinski definition) is 1. The van der Waals surface area contributed by atoms with Crippen LogP contribution < -0.4 is 15.0 Å². The second-order valence-electron chi connectivity index (χ2n) is 8.58. The van der Waals surface area contributed by atoms with E-state index in [0.717, 1.165) is 24.5 Å². The average molecular weight is 457 g/mol. The zero-order valence-corrected chi connectivity index (χ0v) is 19.2. The second-order valence-corrected chi connectivity index (χ2v) is 8.58. The van der Waals surface area contributed by atoms with Gasteiger partial charge in [-0.3, -0.25) is 4.79 Å². The molecular weight excluding hydrogens is 428 g/mol. The fourth-order valence-electron chi connectivity index (χ4n) is 4.60. The summed E-state index contributed by atoms with van der Waals surface area (Å²) >= 11 is 0. The van der Waals surface area contributed by atoms with Crippen molar-refractivity contribution in [1.82, 2.24) is 9.80 Å². The van der Waals surface area contributed by atoms with Gasteiger partial charge in [0, 0.05) is 50.5 Å². The van der Waals surface area contributed by atoms with Crippen molar-refractivity contribution in [2.45, 2.75) is 13.1 Å². The van der Waals surface area contributed by atoms with Crippen LogP contribution in [0.2, 0.25) is 0 Å². The van der Waals surface area contributed by atoms with E-state index in [0.29, 0.717) is 37.4 Å². The molecule has 3 amide bonds. The smallest absolute Gasteiger partial charge is 0.322 e. The minimum Gasteiger partial charge on any atom is -0.495 e. The van der Waals surface area contributed by atoms with Crippen molar-refractivity contribution in [2.75, 3.05) is 43.5 Å². The van der Waals surface area contributed by atoms with Gasteiger partial charge in [0.25, 0.3) is 5.91 Å². The molecule has 7 nitrogen and oxygen atoms in total. The molecule has 0 saturated carbocycles. The molecule has 0 aromatic heterocycles. The summed E-state index contributed by atoms with van der Waals surface area (Å²) in [5.74, 6) is 0.852. The van der Waals surface area contributed by atoms with Crippen LogP contribution in [-0.2, 0) is 13.1 Å². The molecule has 2 aliphatic heterocycles. The molecule has 0 spiro atoms. The van der Waals surface area contributed by atoms with Crippen LogP contribution in [0.3, 0.4) is 0 Å². The Balaban J connectivity index is 1.16. The van der Waals surface area contributed by atoms with Crippen molar-refractivity contribution in [1.29, 1.82) is 0 Å². The maximum atomic E-state index is 13.0. The zero-order valence-electron chi connectivity index (χ0n) is 19.2. The predicted molar refractivity (Wildman–Crippen MR) is 132 cm³/mol. The highest BCUT2D eigenvalue weighted by molar-refractivity contribution is 5.95. The summed E-state index contributed by atoms with van der Waals surface area (Å²) in [6, 6.07) is 23.1. The van der Waals surface area contributed by atoms with Gasteiger partial charge in [-0.1, -0.05) is 36.4 Å². The molecule has 3 aromatic rings. The van der Waals surface area contributed by atoms with Gasteiger partial charge in [-0.15, -0.1) is 0 Å². The highest BCUT2D eigenvalue weighted by Crippen LogP contribution is 2.28. The number of methoxy groups -OCH3 is 1. The molecule has 0 unspecified atom stereocenters. The Hall–Kier alpha value is -4.00. The average Bonchev–Trinajstić information content (AvgIpc) is 3.33. The monoisotopic (exact) mass is 456 g/mol. The van der Waals surface area contributed by atoms with E-state index < -0.39 is 0 Å². The maximum absolute atomic E-state index is 13.0. The number of urea groups is 1. The number of carbonyl (C=O) groups excluding carboxylic acids is 2. The molecule has 0 radical (unpaired) electrons. The summed E-state index contributed by atoms with van der Waals surface area (Å²) in [6.45, 7) is 4.01. The number of amides is 3. The third-order valence-corrected chi connectivity index (χ3v) is 6.50. The van der Waals surface area contributed by atoms with Gasteiger partial charge in [-0.25, -0.2) is 4.79 Å².